The van der Waals surface area contributed by atoms with Gasteiger partial charge in [0.2, 0.25) is 12.1 Å². The van der Waals surface area contributed by atoms with Gasteiger partial charge in [-0.3, -0.25) is 0 Å². The zero-order valence-corrected chi connectivity index (χ0v) is 5.41. The zero-order chi connectivity index (χ0) is 9.28. The Labute approximate surface area is 61.4 Å². The van der Waals surface area contributed by atoms with E-state index in [-0.39, 0.29) is 0 Å². The SMILES string of the molecule is OC(O)C(O)(O)CC(O)(O)O. The maximum Gasteiger partial charge on any atom is 0.280 e. The van der Waals surface area contributed by atoms with Crippen LogP contribution >= 0.6 is 0 Å². The van der Waals surface area contributed by atoms with Gasteiger partial charge < -0.3 is 35.7 Å². The molecule has 0 aliphatic heterocycles. The average molecular weight is 170 g/mol. The molecule has 0 fully saturated rings. The molecule has 0 spiro atoms. The van der Waals surface area contributed by atoms with Gasteiger partial charge in [-0.1, -0.05) is 0 Å². The molecule has 11 heavy (non-hydrogen) atoms. The largest absolute Gasteiger partial charge is 0.364 e. The third-order valence-electron chi connectivity index (χ3n) is 0.911. The molecule has 0 aromatic carbocycles. The minimum Gasteiger partial charge on any atom is -0.364 e. The summed E-state index contributed by atoms with van der Waals surface area (Å²) in [6.45, 7) is 0. The molecule has 0 heterocycles. The molecule has 0 aliphatic carbocycles. The highest BCUT2D eigenvalue weighted by atomic mass is 16.7. The van der Waals surface area contributed by atoms with Crippen LogP contribution in [0.15, 0.2) is 0 Å². The van der Waals surface area contributed by atoms with Gasteiger partial charge in [-0.05, 0) is 0 Å². The van der Waals surface area contributed by atoms with Crippen LogP contribution in [0, 0.1) is 0 Å². The molecule has 0 rings (SSSR count). The molecule has 0 aliphatic rings. The molecular formula is C4H10O7. The van der Waals surface area contributed by atoms with Crippen molar-refractivity contribution in [1.82, 2.24) is 0 Å². The lowest BCUT2D eigenvalue weighted by Gasteiger charge is -2.27. The second kappa shape index (κ2) is 2.99. The lowest BCUT2D eigenvalue weighted by Crippen LogP contribution is -2.49. The Balaban J connectivity index is 4.13. The van der Waals surface area contributed by atoms with Crippen LogP contribution in [0.4, 0.5) is 0 Å². The van der Waals surface area contributed by atoms with E-state index < -0.39 is 24.5 Å². The molecule has 0 aromatic rings. The van der Waals surface area contributed by atoms with Crippen LogP contribution in [0.2, 0.25) is 0 Å². The lowest BCUT2D eigenvalue weighted by molar-refractivity contribution is -0.381. The monoisotopic (exact) mass is 170 g/mol. The zero-order valence-electron chi connectivity index (χ0n) is 5.41. The molecule has 0 atom stereocenters. The molecule has 0 aromatic heterocycles. The minimum absolute atomic E-state index is 1.42. The van der Waals surface area contributed by atoms with E-state index in [0.717, 1.165) is 0 Å². The maximum atomic E-state index is 8.50. The van der Waals surface area contributed by atoms with Gasteiger partial charge in [-0.2, -0.15) is 0 Å². The highest BCUT2D eigenvalue weighted by Crippen LogP contribution is 2.16. The van der Waals surface area contributed by atoms with E-state index in [0.29, 0.717) is 0 Å². The molecule has 0 bridgehead atoms. The van der Waals surface area contributed by atoms with E-state index in [9.17, 15) is 0 Å². The molecule has 0 unspecified atom stereocenters. The van der Waals surface area contributed by atoms with Gasteiger partial charge in [0.1, 0.15) is 0 Å². The van der Waals surface area contributed by atoms with Gasteiger partial charge in [0.15, 0.2) is 0 Å². The molecule has 68 valence electrons. The molecule has 0 saturated heterocycles. The first-order valence-electron chi connectivity index (χ1n) is 2.63. The fraction of sp³-hybridized carbons (Fsp3) is 1.00. The Morgan fingerprint density at radius 1 is 0.909 bits per heavy atom. The Kier molecular flexibility index (Phi) is 2.91. The lowest BCUT2D eigenvalue weighted by atomic mass is 10.1. The van der Waals surface area contributed by atoms with Crippen LogP contribution < -0.4 is 0 Å². The molecule has 7 heteroatoms. The number of aliphatic hydroxyl groups excluding tert-OH is 1. The van der Waals surface area contributed by atoms with Crippen LogP contribution in [0.3, 0.4) is 0 Å². The Morgan fingerprint density at radius 2 is 1.27 bits per heavy atom. The summed E-state index contributed by atoms with van der Waals surface area (Å²) in [5.41, 5.74) is 0. The minimum atomic E-state index is -3.35. The Hall–Kier alpha value is -0.280. The van der Waals surface area contributed by atoms with E-state index in [1.165, 1.54) is 0 Å². The third kappa shape index (κ3) is 4.22. The van der Waals surface area contributed by atoms with Gasteiger partial charge in [-0.25, -0.2) is 0 Å². The smallest absolute Gasteiger partial charge is 0.280 e. The van der Waals surface area contributed by atoms with E-state index in [4.69, 9.17) is 35.7 Å². The van der Waals surface area contributed by atoms with E-state index in [2.05, 4.69) is 0 Å². The summed E-state index contributed by atoms with van der Waals surface area (Å²) in [5, 5.41) is 57.9. The van der Waals surface area contributed by atoms with E-state index in [1.807, 2.05) is 0 Å². The first-order chi connectivity index (χ1) is 4.65. The summed E-state index contributed by atoms with van der Waals surface area (Å²) in [7, 11) is 0. The van der Waals surface area contributed by atoms with Gasteiger partial charge in [-0.15, -0.1) is 0 Å². The topological polar surface area (TPSA) is 142 Å². The maximum absolute atomic E-state index is 8.50. The summed E-state index contributed by atoms with van der Waals surface area (Å²) in [6.07, 6.45) is -4.01. The predicted octanol–water partition coefficient (Wildman–Crippen LogP) is -4.00. The van der Waals surface area contributed by atoms with Crippen molar-refractivity contribution in [1.29, 1.82) is 0 Å². The average Bonchev–Trinajstić information content (AvgIpc) is 1.56. The van der Waals surface area contributed by atoms with Gasteiger partial charge in [0.05, 0.1) is 6.42 Å². The molecule has 0 saturated carbocycles. The summed E-state index contributed by atoms with van der Waals surface area (Å²) in [4.78, 5) is 0. The number of aliphatic hydroxyl groups is 7. The van der Waals surface area contributed by atoms with Crippen LogP contribution in [-0.4, -0.2) is 53.8 Å². The normalized spacial score (nSPS) is 14.2. The molecular weight excluding hydrogens is 160 g/mol. The molecule has 0 amide bonds. The van der Waals surface area contributed by atoms with Crippen molar-refractivity contribution >= 4 is 0 Å². The second-order valence-corrected chi connectivity index (χ2v) is 2.20. The van der Waals surface area contributed by atoms with Crippen molar-refractivity contribution in [2.24, 2.45) is 0 Å². The van der Waals surface area contributed by atoms with Crippen molar-refractivity contribution in [3.8, 4) is 0 Å². The standard InChI is InChI=1S/C4H10O7/c5-2(6)3(7,8)1-4(9,10)11/h2,5-11H,1H2. The number of hydrogen-bond acceptors (Lipinski definition) is 7. The highest BCUT2D eigenvalue weighted by Gasteiger charge is 2.40. The third-order valence-corrected chi connectivity index (χ3v) is 0.911. The van der Waals surface area contributed by atoms with Crippen LogP contribution in [0.25, 0.3) is 0 Å². The van der Waals surface area contributed by atoms with Crippen molar-refractivity contribution in [2.75, 3.05) is 0 Å². The highest BCUT2D eigenvalue weighted by molar-refractivity contribution is 4.69. The summed E-state index contributed by atoms with van der Waals surface area (Å²) in [6, 6.07) is 0. The van der Waals surface area contributed by atoms with Gasteiger partial charge in [0.25, 0.3) is 5.97 Å². The quantitative estimate of drug-likeness (QED) is 0.214. The summed E-state index contributed by atoms with van der Waals surface area (Å²) >= 11 is 0. The van der Waals surface area contributed by atoms with Crippen molar-refractivity contribution < 1.29 is 35.7 Å². The fourth-order valence-electron chi connectivity index (χ4n) is 0.440. The number of rotatable bonds is 3. The molecule has 7 nitrogen and oxygen atoms in total. The molecule has 0 radical (unpaired) electrons. The van der Waals surface area contributed by atoms with Crippen molar-refractivity contribution in [3.05, 3.63) is 0 Å². The van der Waals surface area contributed by atoms with Crippen LogP contribution in [0.5, 0.6) is 0 Å². The Bertz CT molecular complexity index is 123. The fourth-order valence-corrected chi connectivity index (χ4v) is 0.440. The predicted molar refractivity (Wildman–Crippen MR) is 29.4 cm³/mol. The summed E-state index contributed by atoms with van der Waals surface area (Å²) < 4.78 is 0. The van der Waals surface area contributed by atoms with Gasteiger partial charge in [0, 0.05) is 0 Å². The van der Waals surface area contributed by atoms with E-state index in [1.54, 1.807) is 0 Å². The first kappa shape index (κ1) is 10.7. The van der Waals surface area contributed by atoms with Crippen molar-refractivity contribution in [2.45, 2.75) is 24.5 Å². The Morgan fingerprint density at radius 3 is 1.36 bits per heavy atom. The molecule has 7 N–H and O–H groups in total. The first-order valence-corrected chi connectivity index (χ1v) is 2.63. The van der Waals surface area contributed by atoms with Gasteiger partial charge >= 0.3 is 0 Å². The second-order valence-electron chi connectivity index (χ2n) is 2.20. The van der Waals surface area contributed by atoms with Crippen molar-refractivity contribution in [3.63, 3.8) is 0 Å². The van der Waals surface area contributed by atoms with Crippen LogP contribution in [-0.2, 0) is 0 Å². The van der Waals surface area contributed by atoms with Crippen LogP contribution in [0.1, 0.15) is 6.42 Å². The number of hydrogen-bond donors (Lipinski definition) is 7. The van der Waals surface area contributed by atoms with E-state index >= 15 is 0 Å². The summed E-state index contributed by atoms with van der Waals surface area (Å²) in [5.74, 6) is -6.51.